The molecule has 0 radical (unpaired) electrons. The monoisotopic (exact) mass is 585 g/mol. The Morgan fingerprint density at radius 2 is 1.69 bits per heavy atom. The number of nitrogens with zero attached hydrogens (tertiary/aromatic N) is 5. The van der Waals surface area contributed by atoms with Crippen LogP contribution in [0.25, 0.3) is 0 Å². The molecule has 3 N–H and O–H groups in total. The Morgan fingerprint density at radius 1 is 0.976 bits per heavy atom. The van der Waals surface area contributed by atoms with Crippen molar-refractivity contribution in [2.24, 2.45) is 5.73 Å². The second kappa shape index (κ2) is 11.9. The molecular formula is C29H31F4N7O2. The van der Waals surface area contributed by atoms with Crippen LogP contribution in [0.1, 0.15) is 34.3 Å². The molecule has 1 aliphatic heterocycles. The first-order chi connectivity index (χ1) is 20.0. The van der Waals surface area contributed by atoms with Crippen LogP contribution in [-0.4, -0.2) is 50.2 Å². The number of imidazole rings is 1. The van der Waals surface area contributed by atoms with Gasteiger partial charge in [0.05, 0.1) is 25.2 Å². The van der Waals surface area contributed by atoms with Crippen molar-refractivity contribution in [1.82, 2.24) is 24.0 Å². The fourth-order valence-electron chi connectivity index (χ4n) is 5.37. The summed E-state index contributed by atoms with van der Waals surface area (Å²) in [6.45, 7) is 3.17. The van der Waals surface area contributed by atoms with Gasteiger partial charge in [0.2, 0.25) is 0 Å². The highest BCUT2D eigenvalue weighted by Gasteiger charge is 2.35. The van der Waals surface area contributed by atoms with Crippen LogP contribution in [0.4, 0.5) is 23.2 Å². The van der Waals surface area contributed by atoms with E-state index in [0.29, 0.717) is 38.3 Å². The van der Waals surface area contributed by atoms with Crippen LogP contribution in [-0.2, 0) is 25.8 Å². The molecule has 2 aromatic heterocycles. The van der Waals surface area contributed by atoms with Gasteiger partial charge in [-0.2, -0.15) is 13.2 Å². The van der Waals surface area contributed by atoms with Crippen molar-refractivity contribution >= 4 is 5.69 Å². The van der Waals surface area contributed by atoms with Gasteiger partial charge in [0.1, 0.15) is 17.3 Å². The average Bonchev–Trinajstić information content (AvgIpc) is 3.48. The topological polar surface area (TPSA) is 105 Å². The van der Waals surface area contributed by atoms with Crippen LogP contribution in [0.3, 0.4) is 0 Å². The average molecular weight is 586 g/mol. The first kappa shape index (κ1) is 29.3. The van der Waals surface area contributed by atoms with Gasteiger partial charge in [0, 0.05) is 55.9 Å². The Kier molecular flexibility index (Phi) is 8.32. The summed E-state index contributed by atoms with van der Waals surface area (Å²) < 4.78 is 58.4. The van der Waals surface area contributed by atoms with Crippen LogP contribution in [0.2, 0.25) is 0 Å². The van der Waals surface area contributed by atoms with Crippen LogP contribution >= 0.6 is 0 Å². The summed E-state index contributed by atoms with van der Waals surface area (Å²) in [5.74, 6) is -0.293. The summed E-state index contributed by atoms with van der Waals surface area (Å²) in [6, 6.07) is 10.8. The maximum atomic E-state index is 14.9. The Morgan fingerprint density at radius 3 is 2.33 bits per heavy atom. The molecule has 4 aromatic rings. The van der Waals surface area contributed by atoms with Crippen LogP contribution in [0.15, 0.2) is 70.5 Å². The lowest BCUT2D eigenvalue weighted by atomic mass is 10.1. The van der Waals surface area contributed by atoms with E-state index in [-0.39, 0.29) is 17.9 Å². The molecule has 1 saturated heterocycles. The van der Waals surface area contributed by atoms with Crippen LogP contribution in [0.5, 0.6) is 0 Å². The first-order valence-corrected chi connectivity index (χ1v) is 13.5. The first-order valence-electron chi connectivity index (χ1n) is 13.5. The van der Waals surface area contributed by atoms with Gasteiger partial charge in [-0.05, 0) is 24.6 Å². The van der Waals surface area contributed by atoms with E-state index in [1.165, 1.54) is 6.92 Å². The van der Waals surface area contributed by atoms with E-state index in [1.807, 2.05) is 4.90 Å². The molecule has 0 bridgehead atoms. The Balaban J connectivity index is 1.56. The van der Waals surface area contributed by atoms with E-state index in [1.54, 1.807) is 42.7 Å². The van der Waals surface area contributed by atoms with Crippen molar-refractivity contribution in [2.45, 2.75) is 38.8 Å². The molecule has 42 heavy (non-hydrogen) atoms. The number of halogens is 4. The predicted molar refractivity (Wildman–Crippen MR) is 150 cm³/mol. The number of benzene rings is 2. The number of nitrogens with two attached hydrogens (primary N) is 1. The second-order valence-electron chi connectivity index (χ2n) is 10.3. The number of aromatic nitrogens is 4. The van der Waals surface area contributed by atoms with Gasteiger partial charge >= 0.3 is 11.9 Å². The fraction of sp³-hybridized carbons (Fsp3) is 0.345. The van der Waals surface area contributed by atoms with E-state index < -0.39 is 47.0 Å². The fourth-order valence-corrected chi connectivity index (χ4v) is 5.37. The van der Waals surface area contributed by atoms with E-state index in [9.17, 15) is 27.2 Å². The number of aromatic amines is 1. The van der Waals surface area contributed by atoms with Gasteiger partial charge in [0.15, 0.2) is 0 Å². The molecule has 1 aliphatic rings. The molecule has 5 rings (SSSR count). The molecule has 0 spiro atoms. The maximum Gasteiger partial charge on any atom is 0.416 e. The summed E-state index contributed by atoms with van der Waals surface area (Å²) in [4.78, 5) is 38.9. The number of hydrogen-bond acceptors (Lipinski definition) is 6. The number of rotatable bonds is 8. The van der Waals surface area contributed by atoms with E-state index in [4.69, 9.17) is 5.73 Å². The van der Waals surface area contributed by atoms with Crippen molar-refractivity contribution < 1.29 is 17.6 Å². The van der Waals surface area contributed by atoms with Crippen molar-refractivity contribution in [3.63, 3.8) is 0 Å². The Labute approximate surface area is 238 Å². The Bertz CT molecular complexity index is 1640. The third kappa shape index (κ3) is 6.02. The van der Waals surface area contributed by atoms with Crippen molar-refractivity contribution in [2.75, 3.05) is 31.1 Å². The molecule has 9 nitrogen and oxygen atoms in total. The zero-order chi connectivity index (χ0) is 30.0. The van der Waals surface area contributed by atoms with Crippen molar-refractivity contribution in [3.8, 4) is 0 Å². The van der Waals surface area contributed by atoms with E-state index in [0.717, 1.165) is 33.2 Å². The molecule has 1 atom stereocenters. The molecule has 0 saturated carbocycles. The summed E-state index contributed by atoms with van der Waals surface area (Å²) in [5, 5.41) is 0. The normalized spacial score (nSPS) is 15.2. The molecular weight excluding hydrogens is 554 g/mol. The molecule has 2 aromatic carbocycles. The Hall–Kier alpha value is -4.23. The minimum atomic E-state index is -4.84. The van der Waals surface area contributed by atoms with E-state index >= 15 is 0 Å². The summed E-state index contributed by atoms with van der Waals surface area (Å²) in [7, 11) is 0. The smallest absolute Gasteiger partial charge is 0.363 e. The minimum absolute atomic E-state index is 0.158. The zero-order valence-corrected chi connectivity index (χ0v) is 22.9. The minimum Gasteiger partial charge on any atom is -0.363 e. The quantitative estimate of drug-likeness (QED) is 0.308. The summed E-state index contributed by atoms with van der Waals surface area (Å²) in [6.07, 6.45) is -1.44. The maximum absolute atomic E-state index is 14.9. The highest BCUT2D eigenvalue weighted by molar-refractivity contribution is 5.50. The van der Waals surface area contributed by atoms with Gasteiger partial charge in [-0.15, -0.1) is 0 Å². The lowest BCUT2D eigenvalue weighted by Gasteiger charge is -2.36. The highest BCUT2D eigenvalue weighted by atomic mass is 19.4. The van der Waals surface area contributed by atoms with Gasteiger partial charge in [0.25, 0.3) is 5.56 Å². The van der Waals surface area contributed by atoms with E-state index in [2.05, 4.69) is 14.9 Å². The molecule has 222 valence electrons. The number of alkyl halides is 3. The largest absolute Gasteiger partial charge is 0.416 e. The number of anilines is 1. The van der Waals surface area contributed by atoms with Crippen molar-refractivity contribution in [1.29, 1.82) is 0 Å². The summed E-state index contributed by atoms with van der Waals surface area (Å²) in [5.41, 5.74) is 4.08. The molecule has 0 unspecified atom stereocenters. The SMILES string of the molecule is Cc1c(N2CCN(Cc3ncc[nH]3)CC2)c(=O)n(C[C@H](N)c2ccccc2)c(=O)n1Cc1c(F)cccc1C(F)(F)F. The predicted octanol–water partition coefficient (Wildman–Crippen LogP) is 3.27. The third-order valence-corrected chi connectivity index (χ3v) is 7.62. The standard InChI is InChI=1S/C29H31F4N7O2/c1-19-26(38-14-12-37(13-15-38)18-25-35-10-11-36-25)27(41)40(17-24(34)20-6-3-2-4-7-20)28(42)39(19)16-21-22(29(31,32)33)8-5-9-23(21)30/h2-11,24H,12-18,34H2,1H3,(H,35,36)/t24-/m0/s1. The van der Waals surface area contributed by atoms with Gasteiger partial charge in [-0.1, -0.05) is 36.4 Å². The molecule has 1 fully saturated rings. The second-order valence-corrected chi connectivity index (χ2v) is 10.3. The van der Waals surface area contributed by atoms with Crippen molar-refractivity contribution in [3.05, 3.63) is 116 Å². The highest BCUT2D eigenvalue weighted by Crippen LogP contribution is 2.33. The molecule has 0 amide bonds. The summed E-state index contributed by atoms with van der Waals surface area (Å²) >= 11 is 0. The van der Waals surface area contributed by atoms with Crippen LogP contribution in [0, 0.1) is 12.7 Å². The van der Waals surface area contributed by atoms with Gasteiger partial charge in [-0.3, -0.25) is 18.8 Å². The number of H-pyrrole nitrogens is 1. The van der Waals surface area contributed by atoms with Gasteiger partial charge in [-0.25, -0.2) is 14.2 Å². The number of hydrogen-bond donors (Lipinski definition) is 2. The number of nitrogens with one attached hydrogen (secondary N) is 1. The lowest BCUT2D eigenvalue weighted by Crippen LogP contribution is -2.51. The van der Waals surface area contributed by atoms with Gasteiger partial charge < -0.3 is 15.6 Å². The number of piperazine rings is 1. The molecule has 0 aliphatic carbocycles. The molecule has 13 heteroatoms. The zero-order valence-electron chi connectivity index (χ0n) is 22.9. The third-order valence-electron chi connectivity index (χ3n) is 7.62. The lowest BCUT2D eigenvalue weighted by molar-refractivity contribution is -0.138. The van der Waals surface area contributed by atoms with Crippen LogP contribution < -0.4 is 21.9 Å². The molecule has 3 heterocycles.